The summed E-state index contributed by atoms with van der Waals surface area (Å²) in [7, 11) is 0. The summed E-state index contributed by atoms with van der Waals surface area (Å²) in [4.78, 5) is 2.39. The van der Waals surface area contributed by atoms with Crippen molar-refractivity contribution in [3.8, 4) is 39.3 Å². The van der Waals surface area contributed by atoms with Crippen LogP contribution < -0.4 is 4.90 Å². The van der Waals surface area contributed by atoms with Crippen LogP contribution in [-0.2, 0) is 0 Å². The molecule has 3 heterocycles. The largest absolute Gasteiger partial charge is 0.316 e. The normalized spacial score (nSPS) is 11.7. The second-order valence-electron chi connectivity index (χ2n) is 17.5. The lowest BCUT2D eigenvalue weighted by Gasteiger charge is -2.26. The van der Waals surface area contributed by atoms with Gasteiger partial charge in [0.15, 0.2) is 0 Å². The third-order valence-electron chi connectivity index (χ3n) is 13.5. The Bertz CT molecular complexity index is 3910. The number of para-hydroxylation sites is 3. The average Bonchev–Trinajstić information content (AvgIpc) is 4.08. The highest BCUT2D eigenvalue weighted by molar-refractivity contribution is 6.18. The molecular formula is C63H44N4. The van der Waals surface area contributed by atoms with Crippen LogP contribution in [0.2, 0.25) is 0 Å². The third-order valence-corrected chi connectivity index (χ3v) is 13.5. The van der Waals surface area contributed by atoms with Gasteiger partial charge >= 0.3 is 0 Å². The van der Waals surface area contributed by atoms with E-state index in [0.29, 0.717) is 0 Å². The van der Waals surface area contributed by atoms with Crippen LogP contribution in [0.15, 0.2) is 249 Å². The molecule has 3 aromatic heterocycles. The van der Waals surface area contributed by atoms with Crippen molar-refractivity contribution in [1.29, 1.82) is 0 Å². The van der Waals surface area contributed by atoms with Crippen LogP contribution in [0.1, 0.15) is 5.56 Å². The Kier molecular flexibility index (Phi) is 9.04. The highest BCUT2D eigenvalue weighted by atomic mass is 15.1. The standard InChI is InChI=1S/C63H44N4/c1-43-28-30-49(31-29-43)66-60-26-13-12-25-55(60)58-42-52(32-34-62(58)66)65(48-20-9-4-10-21-48)50-22-15-23-51(41-50)67-61-27-14-11-24-54(61)56-33-35-59-57(63(56)67)36-37-64(59)53-39-46(44-16-5-2-6-17-44)38-47(40-53)45-18-7-3-8-19-45/h2-42H,1H3. The predicted molar refractivity (Wildman–Crippen MR) is 282 cm³/mol. The van der Waals surface area contributed by atoms with Gasteiger partial charge in [-0.3, -0.25) is 0 Å². The van der Waals surface area contributed by atoms with Gasteiger partial charge in [0.05, 0.1) is 27.6 Å². The van der Waals surface area contributed by atoms with Crippen molar-refractivity contribution in [2.75, 3.05) is 4.90 Å². The quantitative estimate of drug-likeness (QED) is 0.149. The number of fused-ring (bicyclic) bond motifs is 8. The second kappa shape index (κ2) is 15.7. The maximum atomic E-state index is 2.47. The molecule has 0 fully saturated rings. The molecule has 0 aliphatic rings. The van der Waals surface area contributed by atoms with E-state index in [1.165, 1.54) is 76.8 Å². The Morgan fingerprint density at radius 2 is 0.866 bits per heavy atom. The van der Waals surface area contributed by atoms with E-state index in [2.05, 4.69) is 274 Å². The molecular weight excluding hydrogens is 813 g/mol. The summed E-state index contributed by atoms with van der Waals surface area (Å²) < 4.78 is 7.22. The molecule has 0 radical (unpaired) electrons. The van der Waals surface area contributed by atoms with Crippen molar-refractivity contribution < 1.29 is 0 Å². The van der Waals surface area contributed by atoms with Crippen LogP contribution in [0.25, 0.3) is 93.8 Å². The summed E-state index contributed by atoms with van der Waals surface area (Å²) in [6.07, 6.45) is 2.24. The number of rotatable bonds is 8. The van der Waals surface area contributed by atoms with Crippen LogP contribution >= 0.6 is 0 Å². The molecule has 0 bridgehead atoms. The van der Waals surface area contributed by atoms with Crippen LogP contribution in [0, 0.1) is 6.92 Å². The van der Waals surface area contributed by atoms with E-state index in [-0.39, 0.29) is 0 Å². The first-order chi connectivity index (χ1) is 33.1. The molecule has 10 aromatic carbocycles. The molecule has 0 aliphatic heterocycles. The predicted octanol–water partition coefficient (Wildman–Crippen LogP) is 16.9. The molecule has 13 aromatic rings. The number of anilines is 3. The van der Waals surface area contributed by atoms with Gasteiger partial charge in [-0.1, -0.05) is 145 Å². The molecule has 13 rings (SSSR count). The highest BCUT2D eigenvalue weighted by Crippen LogP contribution is 2.43. The van der Waals surface area contributed by atoms with E-state index >= 15 is 0 Å². The average molecular weight is 857 g/mol. The fourth-order valence-corrected chi connectivity index (χ4v) is 10.4. The molecule has 0 aliphatic carbocycles. The Labute approximate surface area is 389 Å². The maximum Gasteiger partial charge on any atom is 0.0635 e. The molecule has 316 valence electrons. The van der Waals surface area contributed by atoms with E-state index < -0.39 is 0 Å². The lowest BCUT2D eigenvalue weighted by molar-refractivity contribution is 1.13. The van der Waals surface area contributed by atoms with Gasteiger partial charge < -0.3 is 18.6 Å². The lowest BCUT2D eigenvalue weighted by atomic mass is 9.98. The summed E-state index contributed by atoms with van der Waals surface area (Å²) in [6.45, 7) is 2.14. The van der Waals surface area contributed by atoms with Gasteiger partial charge in [-0.15, -0.1) is 0 Å². The molecule has 4 heteroatoms. The Balaban J connectivity index is 0.992. The summed E-state index contributed by atoms with van der Waals surface area (Å²) in [5, 5.41) is 6.09. The Morgan fingerprint density at radius 1 is 0.299 bits per heavy atom. The maximum absolute atomic E-state index is 2.47. The monoisotopic (exact) mass is 856 g/mol. The van der Waals surface area contributed by atoms with E-state index in [9.17, 15) is 0 Å². The van der Waals surface area contributed by atoms with Crippen LogP contribution in [0.3, 0.4) is 0 Å². The number of aryl methyl sites for hydroxylation is 1. The van der Waals surface area contributed by atoms with Crippen molar-refractivity contribution in [1.82, 2.24) is 13.7 Å². The Hall–Kier alpha value is -8.86. The van der Waals surface area contributed by atoms with Crippen molar-refractivity contribution in [3.63, 3.8) is 0 Å². The highest BCUT2D eigenvalue weighted by Gasteiger charge is 2.21. The zero-order valence-electron chi connectivity index (χ0n) is 37.0. The smallest absolute Gasteiger partial charge is 0.0635 e. The summed E-state index contributed by atoms with van der Waals surface area (Å²) >= 11 is 0. The van der Waals surface area contributed by atoms with Gasteiger partial charge in [0.2, 0.25) is 0 Å². The van der Waals surface area contributed by atoms with Crippen LogP contribution in [0.5, 0.6) is 0 Å². The first-order valence-corrected chi connectivity index (χ1v) is 23.0. The lowest BCUT2D eigenvalue weighted by Crippen LogP contribution is -2.10. The van der Waals surface area contributed by atoms with Gasteiger partial charge in [0, 0.05) is 67.3 Å². The van der Waals surface area contributed by atoms with Crippen LogP contribution in [-0.4, -0.2) is 13.7 Å². The van der Waals surface area contributed by atoms with Gasteiger partial charge in [-0.2, -0.15) is 0 Å². The molecule has 4 nitrogen and oxygen atoms in total. The summed E-state index contributed by atoms with van der Waals surface area (Å²) in [5.41, 5.74) is 18.5. The molecule has 0 saturated heterocycles. The van der Waals surface area contributed by atoms with Crippen LogP contribution in [0.4, 0.5) is 17.1 Å². The number of aromatic nitrogens is 3. The van der Waals surface area contributed by atoms with Gasteiger partial charge in [-0.05, 0) is 132 Å². The van der Waals surface area contributed by atoms with E-state index in [4.69, 9.17) is 0 Å². The molecule has 0 saturated carbocycles. The van der Waals surface area contributed by atoms with E-state index in [0.717, 1.165) is 39.6 Å². The number of benzene rings is 10. The molecule has 67 heavy (non-hydrogen) atoms. The Morgan fingerprint density at radius 3 is 1.57 bits per heavy atom. The summed E-state index contributed by atoms with van der Waals surface area (Å²) in [6, 6.07) is 88.4. The minimum atomic E-state index is 1.08. The zero-order valence-corrected chi connectivity index (χ0v) is 37.0. The molecule has 0 N–H and O–H groups in total. The summed E-state index contributed by atoms with van der Waals surface area (Å²) in [5.74, 6) is 0. The number of hydrogen-bond donors (Lipinski definition) is 0. The van der Waals surface area contributed by atoms with E-state index in [1.807, 2.05) is 0 Å². The first-order valence-electron chi connectivity index (χ1n) is 23.0. The second-order valence-corrected chi connectivity index (χ2v) is 17.5. The number of hydrogen-bond acceptors (Lipinski definition) is 1. The van der Waals surface area contributed by atoms with Crippen molar-refractivity contribution in [3.05, 3.63) is 254 Å². The first kappa shape index (κ1) is 38.6. The fraction of sp³-hybridized carbons (Fsp3) is 0.0159. The third kappa shape index (κ3) is 6.45. The molecule has 0 atom stereocenters. The van der Waals surface area contributed by atoms with Gasteiger partial charge in [0.25, 0.3) is 0 Å². The van der Waals surface area contributed by atoms with Gasteiger partial charge in [-0.25, -0.2) is 0 Å². The molecule has 0 amide bonds. The van der Waals surface area contributed by atoms with E-state index in [1.54, 1.807) is 0 Å². The fourth-order valence-electron chi connectivity index (χ4n) is 10.4. The molecule has 0 spiro atoms. The molecule has 0 unspecified atom stereocenters. The zero-order chi connectivity index (χ0) is 44.4. The minimum Gasteiger partial charge on any atom is -0.316 e. The van der Waals surface area contributed by atoms with Gasteiger partial charge in [0.1, 0.15) is 0 Å². The number of nitrogens with zero attached hydrogens (tertiary/aromatic N) is 4. The van der Waals surface area contributed by atoms with Crippen molar-refractivity contribution in [2.45, 2.75) is 6.92 Å². The minimum absolute atomic E-state index is 1.08. The topological polar surface area (TPSA) is 18.0 Å². The SMILES string of the molecule is Cc1ccc(-n2c3ccccc3c3cc(N(c4ccccc4)c4cccc(-n5c6ccccc6c6ccc7c(ccn7-c7cc(-c8ccccc8)cc(-c8ccccc8)c7)c65)c4)ccc32)cc1. The van der Waals surface area contributed by atoms with Crippen molar-refractivity contribution in [2.24, 2.45) is 0 Å². The van der Waals surface area contributed by atoms with Crippen molar-refractivity contribution >= 4 is 71.6 Å².